The minimum atomic E-state index is -0.159. The molecule has 0 amide bonds. The second kappa shape index (κ2) is 10.7. The highest BCUT2D eigenvalue weighted by Crippen LogP contribution is 2.54. The molecule has 1 aliphatic rings. The molecule has 51 heavy (non-hydrogen) atoms. The van der Waals surface area contributed by atoms with Crippen LogP contribution < -0.4 is 4.74 Å². The fraction of sp³-hybridized carbons (Fsp3) is 0.178. The Morgan fingerprint density at radius 3 is 2.22 bits per heavy atom. The zero-order chi connectivity index (χ0) is 34.6. The fourth-order valence-electron chi connectivity index (χ4n) is 9.27. The van der Waals surface area contributed by atoms with Gasteiger partial charge in [-0.15, -0.1) is 0 Å². The van der Waals surface area contributed by atoms with Crippen molar-refractivity contribution in [1.29, 1.82) is 0 Å². The molecule has 9 aromatic rings. The molecule has 5 aromatic heterocycles. The van der Waals surface area contributed by atoms with Gasteiger partial charge in [-0.25, -0.2) is 9.97 Å². The van der Waals surface area contributed by atoms with Crippen LogP contribution in [-0.4, -0.2) is 23.9 Å². The highest BCUT2D eigenvalue weighted by atomic mass is 16.5. The molecule has 0 bridgehead atoms. The van der Waals surface area contributed by atoms with Crippen LogP contribution in [0, 0.1) is 18.8 Å². The molecule has 0 saturated carbocycles. The molecule has 6 heteroatoms. The van der Waals surface area contributed by atoms with Gasteiger partial charge in [0.2, 0.25) is 0 Å². The van der Waals surface area contributed by atoms with E-state index in [1.807, 2.05) is 24.5 Å². The Balaban J connectivity index is 1.16. The number of imidazole rings is 1. The van der Waals surface area contributed by atoms with Crippen molar-refractivity contribution < 1.29 is 4.74 Å². The number of aryl methyl sites for hydroxylation is 1. The minimum Gasteiger partial charge on any atom is -0.457 e. The van der Waals surface area contributed by atoms with Crippen LogP contribution in [0.25, 0.3) is 66.3 Å². The number of para-hydroxylation sites is 1. The number of benzene rings is 4. The van der Waals surface area contributed by atoms with Crippen molar-refractivity contribution >= 4 is 49.3 Å². The lowest BCUT2D eigenvalue weighted by atomic mass is 9.59. The first kappa shape index (κ1) is 29.9. The first-order valence-corrected chi connectivity index (χ1v) is 17.8. The maximum Gasteiger partial charge on any atom is 0.146 e. The summed E-state index contributed by atoms with van der Waals surface area (Å²) in [5, 5.41) is 4.47. The number of pyridine rings is 3. The Hall–Kier alpha value is -6.01. The molecule has 0 unspecified atom stereocenters. The second-order valence-corrected chi connectivity index (χ2v) is 14.6. The maximum absolute atomic E-state index is 6.72. The molecule has 0 spiro atoms. The molecule has 10 rings (SSSR count). The molecule has 1 aliphatic heterocycles. The van der Waals surface area contributed by atoms with E-state index in [1.54, 1.807) is 0 Å². The molecule has 0 aliphatic carbocycles. The molecular weight excluding hydrogens is 627 g/mol. The summed E-state index contributed by atoms with van der Waals surface area (Å²) < 4.78 is 11.3. The number of hydrogen-bond acceptors (Lipinski definition) is 4. The van der Waals surface area contributed by atoms with Crippen molar-refractivity contribution in [1.82, 2.24) is 23.9 Å². The van der Waals surface area contributed by atoms with Gasteiger partial charge in [-0.2, -0.15) is 0 Å². The molecule has 0 saturated heterocycles. The molecule has 0 N–H and O–H groups in total. The third-order valence-corrected chi connectivity index (χ3v) is 11.4. The van der Waals surface area contributed by atoms with Crippen molar-refractivity contribution in [2.24, 2.45) is 11.8 Å². The lowest BCUT2D eigenvalue weighted by Crippen LogP contribution is -2.42. The van der Waals surface area contributed by atoms with Crippen LogP contribution in [-0.2, 0) is 5.41 Å². The molecule has 6 heterocycles. The predicted octanol–water partition coefficient (Wildman–Crippen LogP) is 11.2. The van der Waals surface area contributed by atoms with Gasteiger partial charge in [0.05, 0.1) is 27.8 Å². The summed E-state index contributed by atoms with van der Waals surface area (Å²) in [6, 6.07) is 36.4. The average Bonchev–Trinajstić information content (AvgIpc) is 3.73. The van der Waals surface area contributed by atoms with E-state index < -0.39 is 0 Å². The number of nitrogens with zero attached hydrogens (tertiary/aromatic N) is 5. The minimum absolute atomic E-state index is 0.159. The van der Waals surface area contributed by atoms with Gasteiger partial charge >= 0.3 is 0 Å². The molecule has 248 valence electrons. The summed E-state index contributed by atoms with van der Waals surface area (Å²) in [5.41, 5.74) is 10.9. The van der Waals surface area contributed by atoms with E-state index in [4.69, 9.17) is 19.7 Å². The number of fused-ring (bicyclic) bond motifs is 11. The maximum atomic E-state index is 6.72. The topological polar surface area (TPSA) is 57.2 Å². The highest BCUT2D eigenvalue weighted by Gasteiger charge is 2.47. The van der Waals surface area contributed by atoms with Gasteiger partial charge in [0, 0.05) is 62.7 Å². The molecule has 0 radical (unpaired) electrons. The molecule has 0 atom stereocenters. The van der Waals surface area contributed by atoms with Crippen molar-refractivity contribution in [3.05, 3.63) is 138 Å². The van der Waals surface area contributed by atoms with E-state index in [-0.39, 0.29) is 5.41 Å². The standard InChI is InChI=1S/C45H37N5O/c1-26(2)45(27(3)4)36-14-8-13-34-32-19-17-30(24-40(32)50(42(34)36)44-37(45)15-9-22-47-44)51-29-18-20-33-35(23-29)43-48-38(31-12-7-6-11-28(31)5)25-49(43)39-16-10-21-46-41(33)39/h6-27H,1-5H3. The van der Waals surface area contributed by atoms with Gasteiger partial charge in [-0.05, 0) is 78.4 Å². The first-order chi connectivity index (χ1) is 24.9. The summed E-state index contributed by atoms with van der Waals surface area (Å²) in [7, 11) is 0. The van der Waals surface area contributed by atoms with Gasteiger partial charge in [-0.3, -0.25) is 14.0 Å². The summed E-state index contributed by atoms with van der Waals surface area (Å²) in [6.45, 7) is 11.5. The van der Waals surface area contributed by atoms with E-state index in [0.29, 0.717) is 11.8 Å². The third-order valence-electron chi connectivity index (χ3n) is 11.4. The monoisotopic (exact) mass is 663 g/mol. The van der Waals surface area contributed by atoms with Crippen LogP contribution in [0.1, 0.15) is 44.4 Å². The van der Waals surface area contributed by atoms with Crippen LogP contribution in [0.5, 0.6) is 11.5 Å². The van der Waals surface area contributed by atoms with Crippen molar-refractivity contribution in [2.75, 3.05) is 0 Å². The Bertz CT molecular complexity index is 2870. The molecule has 6 nitrogen and oxygen atoms in total. The van der Waals surface area contributed by atoms with Gasteiger partial charge in [0.15, 0.2) is 0 Å². The Kier molecular flexibility index (Phi) is 6.29. The number of rotatable bonds is 5. The summed E-state index contributed by atoms with van der Waals surface area (Å²) in [5.74, 6) is 3.28. The van der Waals surface area contributed by atoms with Gasteiger partial charge in [0.1, 0.15) is 23.0 Å². The van der Waals surface area contributed by atoms with Gasteiger partial charge in [0.25, 0.3) is 0 Å². The van der Waals surface area contributed by atoms with Crippen molar-refractivity contribution in [3.63, 3.8) is 0 Å². The molecule has 0 fully saturated rings. The summed E-state index contributed by atoms with van der Waals surface area (Å²) in [6.07, 6.45) is 5.90. The molecule has 4 aromatic carbocycles. The van der Waals surface area contributed by atoms with Crippen LogP contribution in [0.15, 0.2) is 122 Å². The van der Waals surface area contributed by atoms with Crippen molar-refractivity contribution in [3.8, 4) is 28.6 Å². The third kappa shape index (κ3) is 4.01. The zero-order valence-corrected chi connectivity index (χ0v) is 29.3. The fourth-order valence-corrected chi connectivity index (χ4v) is 9.27. The zero-order valence-electron chi connectivity index (χ0n) is 29.3. The Morgan fingerprint density at radius 1 is 0.647 bits per heavy atom. The SMILES string of the molecule is Cc1ccccc1-c1cn2c3cccnc3c3ccc(Oc4ccc5c6cccc7c6n(c5c4)-c4ncccc4C7(C(C)C)C(C)C)cc3c2n1. The van der Waals surface area contributed by atoms with Crippen LogP contribution in [0.2, 0.25) is 0 Å². The quantitative estimate of drug-likeness (QED) is 0.172. The summed E-state index contributed by atoms with van der Waals surface area (Å²) >= 11 is 0. The highest BCUT2D eigenvalue weighted by molar-refractivity contribution is 6.12. The Labute approximate surface area is 296 Å². The van der Waals surface area contributed by atoms with E-state index in [2.05, 4.69) is 141 Å². The second-order valence-electron chi connectivity index (χ2n) is 14.6. The van der Waals surface area contributed by atoms with E-state index in [1.165, 1.54) is 33.0 Å². The van der Waals surface area contributed by atoms with Gasteiger partial charge < -0.3 is 4.74 Å². The smallest absolute Gasteiger partial charge is 0.146 e. The van der Waals surface area contributed by atoms with Crippen LogP contribution >= 0.6 is 0 Å². The van der Waals surface area contributed by atoms with E-state index >= 15 is 0 Å². The van der Waals surface area contributed by atoms with Gasteiger partial charge in [-0.1, -0.05) is 76.2 Å². The number of ether oxygens (including phenoxy) is 1. The normalized spacial score (nSPS) is 13.7. The van der Waals surface area contributed by atoms with E-state index in [9.17, 15) is 0 Å². The largest absolute Gasteiger partial charge is 0.457 e. The predicted molar refractivity (Wildman–Crippen MR) is 207 cm³/mol. The Morgan fingerprint density at radius 2 is 1.39 bits per heavy atom. The summed E-state index contributed by atoms with van der Waals surface area (Å²) in [4.78, 5) is 15.1. The van der Waals surface area contributed by atoms with Crippen molar-refractivity contribution in [2.45, 2.75) is 40.0 Å². The van der Waals surface area contributed by atoms with Crippen LogP contribution in [0.4, 0.5) is 0 Å². The van der Waals surface area contributed by atoms with E-state index in [0.717, 1.165) is 61.5 Å². The first-order valence-electron chi connectivity index (χ1n) is 17.8. The lowest BCUT2D eigenvalue weighted by Gasteiger charge is -2.46. The molecular formula is C45H37N5O. The number of hydrogen-bond donors (Lipinski definition) is 0. The average molecular weight is 664 g/mol. The van der Waals surface area contributed by atoms with Crippen LogP contribution in [0.3, 0.4) is 0 Å². The lowest BCUT2D eigenvalue weighted by molar-refractivity contribution is 0.271. The number of aromatic nitrogens is 5.